The van der Waals surface area contributed by atoms with Crippen molar-refractivity contribution in [3.8, 4) is 5.75 Å². The maximum atomic E-state index is 9.94. The van der Waals surface area contributed by atoms with Crippen molar-refractivity contribution < 1.29 is 14.9 Å². The molecule has 2 unspecified atom stereocenters. The fraction of sp³-hybridized carbons (Fsp3) is 0.571. The van der Waals surface area contributed by atoms with E-state index in [1.54, 1.807) is 18.7 Å². The summed E-state index contributed by atoms with van der Waals surface area (Å²) in [5.74, 6) is 1.41. The monoisotopic (exact) mass is 285 g/mol. The van der Waals surface area contributed by atoms with Gasteiger partial charge in [0.15, 0.2) is 0 Å². The van der Waals surface area contributed by atoms with Gasteiger partial charge in [-0.3, -0.25) is 0 Å². The van der Waals surface area contributed by atoms with Crippen molar-refractivity contribution in [3.63, 3.8) is 0 Å². The van der Waals surface area contributed by atoms with E-state index in [0.29, 0.717) is 18.8 Å². The molecular weight excluding hydrogens is 262 g/mol. The molecule has 0 aromatic heterocycles. The molecule has 19 heavy (non-hydrogen) atoms. The number of ether oxygens (including phenoxy) is 1. The third-order valence-corrected chi connectivity index (χ3v) is 3.44. The van der Waals surface area contributed by atoms with Crippen LogP contribution in [-0.4, -0.2) is 53.6 Å². The summed E-state index contributed by atoms with van der Waals surface area (Å²) in [4.78, 5) is 0. The largest absolute Gasteiger partial charge is 0.491 e. The predicted molar refractivity (Wildman–Crippen MR) is 79.8 cm³/mol. The second-order valence-electron chi connectivity index (χ2n) is 4.84. The van der Waals surface area contributed by atoms with E-state index < -0.39 is 11.7 Å². The zero-order valence-corrected chi connectivity index (χ0v) is 12.3. The zero-order valence-electron chi connectivity index (χ0n) is 11.5. The van der Waals surface area contributed by atoms with Gasteiger partial charge in [0.25, 0.3) is 0 Å². The van der Waals surface area contributed by atoms with Gasteiger partial charge in [-0.2, -0.15) is 11.8 Å². The summed E-state index contributed by atoms with van der Waals surface area (Å²) in [6.45, 7) is 2.87. The lowest BCUT2D eigenvalue weighted by molar-refractivity contribution is 0.0701. The van der Waals surface area contributed by atoms with Crippen molar-refractivity contribution >= 4 is 11.8 Å². The molecule has 2 atom stereocenters. The Morgan fingerprint density at radius 2 is 2.05 bits per heavy atom. The summed E-state index contributed by atoms with van der Waals surface area (Å²) in [5, 5.41) is 22.8. The smallest absolute Gasteiger partial charge is 0.119 e. The Kier molecular flexibility index (Phi) is 7.23. The molecule has 3 N–H and O–H groups in total. The second kappa shape index (κ2) is 8.43. The first-order chi connectivity index (χ1) is 9.03. The van der Waals surface area contributed by atoms with Crippen molar-refractivity contribution in [2.24, 2.45) is 0 Å². The lowest BCUT2D eigenvalue weighted by atomic mass is 10.1. The van der Waals surface area contributed by atoms with Gasteiger partial charge in [-0.15, -0.1) is 0 Å². The van der Waals surface area contributed by atoms with Gasteiger partial charge in [-0.25, -0.2) is 0 Å². The highest BCUT2D eigenvalue weighted by molar-refractivity contribution is 7.98. The summed E-state index contributed by atoms with van der Waals surface area (Å²) in [6, 6.07) is 9.39. The lowest BCUT2D eigenvalue weighted by Crippen LogP contribution is -2.43. The molecule has 0 saturated carbocycles. The van der Waals surface area contributed by atoms with Crippen molar-refractivity contribution in [2.45, 2.75) is 18.6 Å². The summed E-state index contributed by atoms with van der Waals surface area (Å²) >= 11 is 1.60. The van der Waals surface area contributed by atoms with E-state index in [0.717, 1.165) is 5.75 Å². The molecule has 108 valence electrons. The first-order valence-electron chi connectivity index (χ1n) is 6.31. The molecule has 0 heterocycles. The maximum Gasteiger partial charge on any atom is 0.119 e. The van der Waals surface area contributed by atoms with E-state index in [2.05, 4.69) is 5.32 Å². The van der Waals surface area contributed by atoms with Crippen molar-refractivity contribution in [1.82, 2.24) is 5.32 Å². The highest BCUT2D eigenvalue weighted by atomic mass is 32.2. The molecule has 0 saturated heterocycles. The van der Waals surface area contributed by atoms with E-state index in [1.165, 1.54) is 0 Å². The summed E-state index contributed by atoms with van der Waals surface area (Å²) < 4.78 is 5.44. The van der Waals surface area contributed by atoms with E-state index in [9.17, 15) is 10.2 Å². The van der Waals surface area contributed by atoms with Crippen molar-refractivity contribution in [1.29, 1.82) is 0 Å². The number of nitrogens with one attached hydrogen (secondary N) is 1. The highest BCUT2D eigenvalue weighted by Gasteiger charge is 2.19. The minimum atomic E-state index is -0.751. The maximum absolute atomic E-state index is 9.94. The normalized spacial score (nSPS) is 15.8. The zero-order chi connectivity index (χ0) is 14.1. The van der Waals surface area contributed by atoms with Crippen molar-refractivity contribution in [2.75, 3.05) is 31.7 Å². The SMILES string of the molecule is CSCC(C)(O)CNCC(O)COc1ccccc1. The second-order valence-corrected chi connectivity index (χ2v) is 5.70. The number of aliphatic hydroxyl groups excluding tert-OH is 1. The Labute approximate surface area is 119 Å². The Hall–Kier alpha value is -0.750. The molecule has 1 aromatic rings. The molecule has 5 heteroatoms. The Bertz CT molecular complexity index is 346. The van der Waals surface area contributed by atoms with Crippen LogP contribution in [0, 0.1) is 0 Å². The van der Waals surface area contributed by atoms with Crippen LogP contribution in [0.2, 0.25) is 0 Å². The standard InChI is InChI=1S/C14H23NO3S/c1-14(17,11-19-2)10-15-8-12(16)9-18-13-6-4-3-5-7-13/h3-7,12,15-17H,8-11H2,1-2H3. The minimum Gasteiger partial charge on any atom is -0.491 e. The molecule has 0 aliphatic carbocycles. The van der Waals surface area contributed by atoms with Crippen LogP contribution in [0.25, 0.3) is 0 Å². The Morgan fingerprint density at radius 1 is 1.37 bits per heavy atom. The molecule has 0 aliphatic rings. The van der Waals surface area contributed by atoms with Crippen LogP contribution >= 0.6 is 11.8 Å². The first-order valence-corrected chi connectivity index (χ1v) is 7.71. The summed E-state index contributed by atoms with van der Waals surface area (Å²) in [7, 11) is 0. The number of aliphatic hydroxyl groups is 2. The predicted octanol–water partition coefficient (Wildman–Crippen LogP) is 1.13. The third kappa shape index (κ3) is 7.42. The van der Waals surface area contributed by atoms with Gasteiger partial charge in [0.2, 0.25) is 0 Å². The van der Waals surface area contributed by atoms with Crippen LogP contribution in [0.3, 0.4) is 0 Å². The van der Waals surface area contributed by atoms with Gasteiger partial charge in [-0.1, -0.05) is 18.2 Å². The van der Waals surface area contributed by atoms with Crippen LogP contribution in [0.1, 0.15) is 6.92 Å². The van der Waals surface area contributed by atoms with Gasteiger partial charge in [-0.05, 0) is 25.3 Å². The Balaban J connectivity index is 2.16. The number of hydrogen-bond donors (Lipinski definition) is 3. The number of rotatable bonds is 9. The molecule has 0 radical (unpaired) electrons. The fourth-order valence-corrected chi connectivity index (χ4v) is 2.36. The van der Waals surface area contributed by atoms with Gasteiger partial charge in [0.1, 0.15) is 18.5 Å². The molecule has 1 rings (SSSR count). The van der Waals surface area contributed by atoms with E-state index in [4.69, 9.17) is 4.74 Å². The molecular formula is C14H23NO3S. The number of benzene rings is 1. The van der Waals surface area contributed by atoms with Crippen LogP contribution in [0.5, 0.6) is 5.75 Å². The van der Waals surface area contributed by atoms with Crippen LogP contribution in [0.4, 0.5) is 0 Å². The summed E-state index contributed by atoms with van der Waals surface area (Å²) in [6.07, 6.45) is 1.36. The molecule has 0 fully saturated rings. The molecule has 4 nitrogen and oxygen atoms in total. The minimum absolute atomic E-state index is 0.238. The van der Waals surface area contributed by atoms with Gasteiger partial charge in [0.05, 0.1) is 5.60 Å². The third-order valence-electron chi connectivity index (χ3n) is 2.53. The lowest BCUT2D eigenvalue weighted by Gasteiger charge is -2.23. The van der Waals surface area contributed by atoms with Gasteiger partial charge >= 0.3 is 0 Å². The van der Waals surface area contributed by atoms with Crippen LogP contribution < -0.4 is 10.1 Å². The number of para-hydroxylation sites is 1. The van der Waals surface area contributed by atoms with Gasteiger partial charge in [0, 0.05) is 18.8 Å². The van der Waals surface area contributed by atoms with Crippen molar-refractivity contribution in [3.05, 3.63) is 30.3 Å². The van der Waals surface area contributed by atoms with Crippen LogP contribution in [-0.2, 0) is 0 Å². The van der Waals surface area contributed by atoms with E-state index in [-0.39, 0.29) is 6.61 Å². The first kappa shape index (κ1) is 16.3. The summed E-state index contributed by atoms with van der Waals surface area (Å²) in [5.41, 5.74) is -0.751. The average molecular weight is 285 g/mol. The number of hydrogen-bond acceptors (Lipinski definition) is 5. The quantitative estimate of drug-likeness (QED) is 0.635. The Morgan fingerprint density at radius 3 is 2.68 bits per heavy atom. The topological polar surface area (TPSA) is 61.7 Å². The molecule has 0 amide bonds. The van der Waals surface area contributed by atoms with Gasteiger partial charge < -0.3 is 20.3 Å². The molecule has 0 bridgehead atoms. The number of thioether (sulfide) groups is 1. The molecule has 1 aromatic carbocycles. The molecule has 0 aliphatic heterocycles. The highest BCUT2D eigenvalue weighted by Crippen LogP contribution is 2.10. The fourth-order valence-electron chi connectivity index (χ4n) is 1.64. The van der Waals surface area contributed by atoms with Crippen LogP contribution in [0.15, 0.2) is 30.3 Å². The average Bonchev–Trinajstić information content (AvgIpc) is 2.37. The van der Waals surface area contributed by atoms with E-state index in [1.807, 2.05) is 36.6 Å². The molecule has 0 spiro atoms. The van der Waals surface area contributed by atoms with E-state index >= 15 is 0 Å².